The molecule has 0 spiro atoms. The third-order valence-corrected chi connectivity index (χ3v) is 3.32. The number of phenols is 1. The fourth-order valence-electron chi connectivity index (χ4n) is 2.22. The first-order valence-electron chi connectivity index (χ1n) is 7.01. The van der Waals surface area contributed by atoms with Gasteiger partial charge < -0.3 is 24.6 Å². The normalized spacial score (nSPS) is 13.4. The number of carbonyl (C=O) groups excluding carboxylic acids is 2. The molecule has 0 radical (unpaired) electrons. The molecule has 0 bridgehead atoms. The number of carboxylic acids is 1. The van der Waals surface area contributed by atoms with Gasteiger partial charge in [-0.25, -0.2) is 14.4 Å². The summed E-state index contributed by atoms with van der Waals surface area (Å²) in [7, 11) is 2.31. The number of aromatic hydroxyl groups is 1. The largest absolute Gasteiger partial charge is 0.508 e. The number of esters is 2. The third-order valence-electron chi connectivity index (χ3n) is 3.32. The van der Waals surface area contributed by atoms with Gasteiger partial charge in [0.2, 0.25) is 0 Å². The fraction of sp³-hybridized carbons (Fsp3) is 0.118. The Balaban J connectivity index is 2.71. The minimum absolute atomic E-state index is 0.0837. The summed E-state index contributed by atoms with van der Waals surface area (Å²) in [5, 5.41) is 18.9. The Kier molecular flexibility index (Phi) is 5.23. The number of benzene rings is 1. The van der Waals surface area contributed by atoms with Gasteiger partial charge in [-0.3, -0.25) is 0 Å². The first-order valence-corrected chi connectivity index (χ1v) is 7.01. The van der Waals surface area contributed by atoms with E-state index in [0.29, 0.717) is 0 Å². The van der Waals surface area contributed by atoms with Crippen LogP contribution in [-0.4, -0.2) is 42.3 Å². The van der Waals surface area contributed by atoms with Crippen LogP contribution >= 0.6 is 0 Å². The highest BCUT2D eigenvalue weighted by atomic mass is 16.5. The Bertz CT molecular complexity index is 820. The topological polar surface area (TPSA) is 113 Å². The van der Waals surface area contributed by atoms with Crippen molar-refractivity contribution in [3.8, 4) is 5.75 Å². The van der Waals surface area contributed by atoms with Gasteiger partial charge in [-0.2, -0.15) is 0 Å². The summed E-state index contributed by atoms with van der Waals surface area (Å²) in [5.41, 5.74) is -0.301. The lowest BCUT2D eigenvalue weighted by atomic mass is 10.1. The summed E-state index contributed by atoms with van der Waals surface area (Å²) in [6.45, 7) is 0. The second-order valence-corrected chi connectivity index (χ2v) is 4.86. The summed E-state index contributed by atoms with van der Waals surface area (Å²) in [6, 6.07) is 3.56. The van der Waals surface area contributed by atoms with E-state index in [1.807, 2.05) is 0 Å². The number of hydrogen-bond acceptors (Lipinski definition) is 7. The van der Waals surface area contributed by atoms with E-state index < -0.39 is 17.9 Å². The van der Waals surface area contributed by atoms with Crippen LogP contribution in [0.4, 0.5) is 5.69 Å². The van der Waals surface area contributed by atoms with E-state index >= 15 is 0 Å². The number of methoxy groups -OCH3 is 2. The highest BCUT2D eigenvalue weighted by molar-refractivity contribution is 6.05. The van der Waals surface area contributed by atoms with E-state index in [2.05, 4.69) is 4.74 Å². The van der Waals surface area contributed by atoms with Crippen LogP contribution in [0, 0.1) is 0 Å². The van der Waals surface area contributed by atoms with Crippen molar-refractivity contribution in [1.82, 2.24) is 0 Å². The Morgan fingerprint density at radius 3 is 2.28 bits per heavy atom. The minimum atomic E-state index is -1.26. The number of ether oxygens (including phenoxy) is 2. The van der Waals surface area contributed by atoms with Crippen LogP contribution in [0.25, 0.3) is 0 Å². The maximum absolute atomic E-state index is 12.3. The first-order chi connectivity index (χ1) is 11.9. The van der Waals surface area contributed by atoms with Gasteiger partial charge in [0.25, 0.3) is 0 Å². The summed E-state index contributed by atoms with van der Waals surface area (Å²) < 4.78 is 9.42. The Morgan fingerprint density at radius 1 is 1.00 bits per heavy atom. The number of carboxylic acid groups (broad SMARTS) is 1. The van der Waals surface area contributed by atoms with Crippen LogP contribution in [0.5, 0.6) is 5.75 Å². The molecule has 1 aliphatic heterocycles. The molecule has 2 N–H and O–H groups in total. The molecule has 0 saturated heterocycles. The zero-order valence-electron chi connectivity index (χ0n) is 13.4. The van der Waals surface area contributed by atoms with Crippen molar-refractivity contribution in [2.45, 2.75) is 0 Å². The number of allylic oxidation sites excluding steroid dienone is 2. The quantitative estimate of drug-likeness (QED) is 0.791. The lowest BCUT2D eigenvalue weighted by Gasteiger charge is -2.23. The van der Waals surface area contributed by atoms with E-state index in [-0.39, 0.29) is 28.3 Å². The predicted octanol–water partition coefficient (Wildman–Crippen LogP) is 1.58. The minimum Gasteiger partial charge on any atom is -0.508 e. The number of aromatic carboxylic acids is 1. The van der Waals surface area contributed by atoms with Crippen LogP contribution in [0.15, 0.2) is 53.9 Å². The van der Waals surface area contributed by atoms with Crippen molar-refractivity contribution in [3.63, 3.8) is 0 Å². The number of phenolic OH excluding ortho intramolecular Hbond substituents is 1. The fourth-order valence-corrected chi connectivity index (χ4v) is 2.22. The van der Waals surface area contributed by atoms with Crippen LogP contribution in [0.1, 0.15) is 10.4 Å². The molecule has 0 aromatic heterocycles. The zero-order valence-corrected chi connectivity index (χ0v) is 13.4. The molecule has 8 heteroatoms. The van der Waals surface area contributed by atoms with Crippen molar-refractivity contribution in [1.29, 1.82) is 0 Å². The predicted molar refractivity (Wildman–Crippen MR) is 86.9 cm³/mol. The summed E-state index contributed by atoms with van der Waals surface area (Å²) in [6.07, 6.45) is 5.84. The van der Waals surface area contributed by atoms with E-state index in [0.717, 1.165) is 20.3 Å². The van der Waals surface area contributed by atoms with Gasteiger partial charge >= 0.3 is 17.9 Å². The average molecular weight is 345 g/mol. The molecular weight excluding hydrogens is 330 g/mol. The average Bonchev–Trinajstić information content (AvgIpc) is 2.82. The number of rotatable bonds is 4. The van der Waals surface area contributed by atoms with Crippen molar-refractivity contribution in [2.75, 3.05) is 19.1 Å². The molecule has 25 heavy (non-hydrogen) atoms. The highest BCUT2D eigenvalue weighted by Crippen LogP contribution is 2.30. The van der Waals surface area contributed by atoms with Crippen LogP contribution in [-0.2, 0) is 19.1 Å². The van der Waals surface area contributed by atoms with Crippen molar-refractivity contribution >= 4 is 23.6 Å². The second-order valence-electron chi connectivity index (χ2n) is 4.86. The number of anilines is 1. The maximum atomic E-state index is 12.3. The maximum Gasteiger partial charge on any atom is 0.355 e. The molecule has 0 aliphatic carbocycles. The number of carbonyl (C=O) groups is 3. The zero-order chi connectivity index (χ0) is 18.6. The Morgan fingerprint density at radius 2 is 1.68 bits per heavy atom. The molecule has 0 unspecified atom stereocenters. The summed E-state index contributed by atoms with van der Waals surface area (Å²) in [5.74, 6) is -3.18. The van der Waals surface area contributed by atoms with Gasteiger partial charge in [0.15, 0.2) is 0 Å². The lowest BCUT2D eigenvalue weighted by molar-refractivity contribution is -0.139. The van der Waals surface area contributed by atoms with E-state index in [9.17, 15) is 19.5 Å². The van der Waals surface area contributed by atoms with Gasteiger partial charge in [-0.1, -0.05) is 6.08 Å². The third kappa shape index (κ3) is 3.69. The second kappa shape index (κ2) is 7.35. The molecule has 8 nitrogen and oxygen atoms in total. The summed E-state index contributed by atoms with van der Waals surface area (Å²) in [4.78, 5) is 36.7. The molecule has 0 amide bonds. The van der Waals surface area contributed by atoms with E-state index in [1.54, 1.807) is 0 Å². The van der Waals surface area contributed by atoms with Crippen LogP contribution in [0.3, 0.4) is 0 Å². The Labute approximate surface area is 142 Å². The molecule has 0 atom stereocenters. The van der Waals surface area contributed by atoms with Crippen molar-refractivity contribution < 1.29 is 34.1 Å². The van der Waals surface area contributed by atoms with Gasteiger partial charge in [0, 0.05) is 12.3 Å². The van der Waals surface area contributed by atoms with Gasteiger partial charge in [0.1, 0.15) is 11.4 Å². The lowest BCUT2D eigenvalue weighted by Crippen LogP contribution is -2.27. The van der Waals surface area contributed by atoms with E-state index in [1.165, 1.54) is 41.5 Å². The van der Waals surface area contributed by atoms with Crippen LogP contribution < -0.4 is 4.90 Å². The Hall–Kier alpha value is -3.55. The first kappa shape index (κ1) is 17.8. The van der Waals surface area contributed by atoms with E-state index in [4.69, 9.17) is 9.84 Å². The van der Waals surface area contributed by atoms with Crippen molar-refractivity contribution in [2.24, 2.45) is 0 Å². The van der Waals surface area contributed by atoms with Crippen LogP contribution in [0.2, 0.25) is 0 Å². The molecule has 130 valence electrons. The summed E-state index contributed by atoms with van der Waals surface area (Å²) >= 11 is 0. The molecule has 0 saturated carbocycles. The van der Waals surface area contributed by atoms with Gasteiger partial charge in [0.05, 0.1) is 31.0 Å². The number of hydrogen-bond donors (Lipinski definition) is 2. The molecule has 1 heterocycles. The standard InChI is InChI=1S/C17H15NO7/c1-24-16(22)13-5-3-4-6-18(14(13)17(23)25-2)11-7-10(15(20)21)8-12(19)9-11/h3-9,19H,1-2H3,(H,20,21). The molecule has 2 rings (SSSR count). The molecule has 1 aromatic carbocycles. The number of nitrogens with zero attached hydrogens (tertiary/aromatic N) is 1. The highest BCUT2D eigenvalue weighted by Gasteiger charge is 2.28. The van der Waals surface area contributed by atoms with Gasteiger partial charge in [-0.15, -0.1) is 0 Å². The molecule has 1 aliphatic rings. The monoisotopic (exact) mass is 345 g/mol. The smallest absolute Gasteiger partial charge is 0.355 e. The molecule has 0 fully saturated rings. The molecular formula is C17H15NO7. The van der Waals surface area contributed by atoms with Gasteiger partial charge in [-0.05, 0) is 24.3 Å². The SMILES string of the molecule is COC(=O)C1=C(C(=O)OC)N(c2cc(O)cc(C(=O)O)c2)C=CC=C1. The van der Waals surface area contributed by atoms with Crippen molar-refractivity contribution in [3.05, 3.63) is 59.5 Å². The molecule has 1 aromatic rings.